The molecule has 1 aromatic heterocycles. The summed E-state index contributed by atoms with van der Waals surface area (Å²) in [6.07, 6.45) is 0. The first-order chi connectivity index (χ1) is 8.09. The summed E-state index contributed by atoms with van der Waals surface area (Å²) in [6.45, 7) is 1.41. The minimum Gasteiger partial charge on any atom is -0.383 e. The van der Waals surface area contributed by atoms with Gasteiger partial charge in [-0.3, -0.25) is 4.79 Å². The second-order valence-electron chi connectivity index (χ2n) is 3.67. The minimum atomic E-state index is -0.366. The van der Waals surface area contributed by atoms with E-state index >= 15 is 0 Å². The maximum absolute atomic E-state index is 13.5. The molecule has 0 aliphatic rings. The number of anilines is 1. The first-order valence-corrected chi connectivity index (χ1v) is 5.12. The van der Waals surface area contributed by atoms with Crippen molar-refractivity contribution in [3.8, 4) is 11.3 Å². The summed E-state index contributed by atoms with van der Waals surface area (Å²) in [7, 11) is 0. The zero-order valence-electron chi connectivity index (χ0n) is 9.27. The normalized spacial score (nSPS) is 10.2. The number of pyridine rings is 1. The van der Waals surface area contributed by atoms with E-state index in [1.807, 2.05) is 0 Å². The first-order valence-electron chi connectivity index (χ1n) is 5.12. The molecule has 1 heterocycles. The SMILES string of the molecule is CC(=O)c1ccc(-c2ccccc2F)nc1N. The van der Waals surface area contributed by atoms with Gasteiger partial charge in [-0.15, -0.1) is 0 Å². The summed E-state index contributed by atoms with van der Waals surface area (Å²) >= 11 is 0. The second kappa shape index (κ2) is 4.33. The van der Waals surface area contributed by atoms with Crippen LogP contribution in [0.2, 0.25) is 0 Å². The van der Waals surface area contributed by atoms with E-state index in [2.05, 4.69) is 4.98 Å². The van der Waals surface area contributed by atoms with Crippen molar-refractivity contribution in [1.29, 1.82) is 0 Å². The molecule has 0 unspecified atom stereocenters. The predicted octanol–water partition coefficient (Wildman–Crippen LogP) is 2.67. The zero-order chi connectivity index (χ0) is 12.4. The lowest BCUT2D eigenvalue weighted by molar-refractivity contribution is 0.101. The molecule has 17 heavy (non-hydrogen) atoms. The average molecular weight is 230 g/mol. The van der Waals surface area contributed by atoms with Crippen LogP contribution in [0.3, 0.4) is 0 Å². The number of hydrogen-bond donors (Lipinski definition) is 1. The van der Waals surface area contributed by atoms with Gasteiger partial charge in [-0.1, -0.05) is 12.1 Å². The molecule has 2 N–H and O–H groups in total. The molecule has 0 radical (unpaired) electrons. The number of benzene rings is 1. The van der Waals surface area contributed by atoms with E-state index in [0.29, 0.717) is 16.8 Å². The third-order valence-corrected chi connectivity index (χ3v) is 2.45. The van der Waals surface area contributed by atoms with Crippen LogP contribution in [0.1, 0.15) is 17.3 Å². The van der Waals surface area contributed by atoms with Gasteiger partial charge in [-0.2, -0.15) is 0 Å². The largest absolute Gasteiger partial charge is 0.383 e. The van der Waals surface area contributed by atoms with E-state index in [1.165, 1.54) is 13.0 Å². The van der Waals surface area contributed by atoms with Crippen molar-refractivity contribution in [3.05, 3.63) is 47.8 Å². The van der Waals surface area contributed by atoms with Gasteiger partial charge < -0.3 is 5.73 Å². The van der Waals surface area contributed by atoms with Gasteiger partial charge in [0.25, 0.3) is 0 Å². The van der Waals surface area contributed by atoms with E-state index in [-0.39, 0.29) is 17.4 Å². The van der Waals surface area contributed by atoms with Crippen LogP contribution in [0.25, 0.3) is 11.3 Å². The van der Waals surface area contributed by atoms with Gasteiger partial charge >= 0.3 is 0 Å². The van der Waals surface area contributed by atoms with Crippen LogP contribution in [0, 0.1) is 5.82 Å². The highest BCUT2D eigenvalue weighted by Crippen LogP contribution is 2.22. The Hall–Kier alpha value is -2.23. The lowest BCUT2D eigenvalue weighted by Gasteiger charge is -2.05. The molecule has 3 nitrogen and oxygen atoms in total. The highest BCUT2D eigenvalue weighted by Gasteiger charge is 2.10. The number of aromatic nitrogens is 1. The lowest BCUT2D eigenvalue weighted by atomic mass is 10.1. The van der Waals surface area contributed by atoms with Crippen molar-refractivity contribution in [2.45, 2.75) is 6.92 Å². The summed E-state index contributed by atoms with van der Waals surface area (Å²) < 4.78 is 13.5. The second-order valence-corrected chi connectivity index (χ2v) is 3.67. The molecule has 86 valence electrons. The Kier molecular flexibility index (Phi) is 2.87. The quantitative estimate of drug-likeness (QED) is 0.807. The Morgan fingerprint density at radius 3 is 2.53 bits per heavy atom. The van der Waals surface area contributed by atoms with Gasteiger partial charge in [0.15, 0.2) is 5.78 Å². The van der Waals surface area contributed by atoms with Crippen molar-refractivity contribution < 1.29 is 9.18 Å². The van der Waals surface area contributed by atoms with Crippen LogP contribution in [0.4, 0.5) is 10.2 Å². The van der Waals surface area contributed by atoms with E-state index < -0.39 is 0 Å². The van der Waals surface area contributed by atoms with Gasteiger partial charge in [0, 0.05) is 5.56 Å². The van der Waals surface area contributed by atoms with Crippen molar-refractivity contribution in [2.24, 2.45) is 0 Å². The van der Waals surface area contributed by atoms with Gasteiger partial charge in [-0.05, 0) is 31.2 Å². The van der Waals surface area contributed by atoms with Crippen LogP contribution in [0.5, 0.6) is 0 Å². The molecule has 2 rings (SSSR count). The van der Waals surface area contributed by atoms with Crippen molar-refractivity contribution in [3.63, 3.8) is 0 Å². The number of hydrogen-bond acceptors (Lipinski definition) is 3. The Bertz CT molecular complexity index is 581. The third-order valence-electron chi connectivity index (χ3n) is 2.45. The molecule has 0 saturated carbocycles. The number of nitrogens with two attached hydrogens (primary N) is 1. The number of carbonyl (C=O) groups is 1. The fraction of sp³-hybridized carbons (Fsp3) is 0.0769. The van der Waals surface area contributed by atoms with Crippen LogP contribution in [-0.2, 0) is 0 Å². The molecule has 1 aromatic carbocycles. The van der Waals surface area contributed by atoms with Crippen molar-refractivity contribution in [1.82, 2.24) is 4.98 Å². The van der Waals surface area contributed by atoms with Crippen LogP contribution in [-0.4, -0.2) is 10.8 Å². The summed E-state index contributed by atoms with van der Waals surface area (Å²) in [5, 5.41) is 0. The topological polar surface area (TPSA) is 56.0 Å². The highest BCUT2D eigenvalue weighted by molar-refractivity contribution is 5.98. The Balaban J connectivity index is 2.52. The summed E-state index contributed by atoms with van der Waals surface area (Å²) in [5.74, 6) is -0.400. The molecule has 2 aromatic rings. The standard InChI is InChI=1S/C13H11FN2O/c1-8(17)9-6-7-12(16-13(9)15)10-4-2-3-5-11(10)14/h2-7H,1H3,(H2,15,16). The fourth-order valence-corrected chi connectivity index (χ4v) is 1.59. The van der Waals surface area contributed by atoms with E-state index in [9.17, 15) is 9.18 Å². The molecule has 0 aliphatic heterocycles. The molecule has 0 amide bonds. The Labute approximate surface area is 98.1 Å². The lowest BCUT2D eigenvalue weighted by Crippen LogP contribution is -2.03. The van der Waals surface area contributed by atoms with Gasteiger partial charge in [0.2, 0.25) is 0 Å². The van der Waals surface area contributed by atoms with E-state index in [4.69, 9.17) is 5.73 Å². The number of Topliss-reactive ketones (excluding diaryl/α,β-unsaturated/α-hetero) is 1. The number of carbonyl (C=O) groups excluding carboxylic acids is 1. The number of nitrogens with zero attached hydrogens (tertiary/aromatic N) is 1. The smallest absolute Gasteiger partial charge is 0.163 e. The molecule has 0 spiro atoms. The molecule has 0 saturated heterocycles. The number of ketones is 1. The van der Waals surface area contributed by atoms with Crippen molar-refractivity contribution in [2.75, 3.05) is 5.73 Å². The first kappa shape index (κ1) is 11.3. The summed E-state index contributed by atoms with van der Waals surface area (Å²) in [6, 6.07) is 9.44. The maximum Gasteiger partial charge on any atom is 0.163 e. The van der Waals surface area contributed by atoms with Crippen molar-refractivity contribution >= 4 is 11.6 Å². The number of nitrogen functional groups attached to an aromatic ring is 1. The Morgan fingerprint density at radius 2 is 1.94 bits per heavy atom. The molecule has 0 fully saturated rings. The highest BCUT2D eigenvalue weighted by atomic mass is 19.1. The van der Waals surface area contributed by atoms with Crippen LogP contribution in [0.15, 0.2) is 36.4 Å². The minimum absolute atomic E-state index is 0.123. The van der Waals surface area contributed by atoms with Gasteiger partial charge in [-0.25, -0.2) is 9.37 Å². The van der Waals surface area contributed by atoms with E-state index in [0.717, 1.165) is 0 Å². The molecular formula is C13H11FN2O. The predicted molar refractivity (Wildman–Crippen MR) is 64.0 cm³/mol. The molecule has 0 atom stereocenters. The Morgan fingerprint density at radius 1 is 1.24 bits per heavy atom. The molecular weight excluding hydrogens is 219 g/mol. The van der Waals surface area contributed by atoms with Gasteiger partial charge in [0.1, 0.15) is 11.6 Å². The third kappa shape index (κ3) is 2.15. The number of halogens is 1. The maximum atomic E-state index is 13.5. The zero-order valence-corrected chi connectivity index (χ0v) is 9.27. The average Bonchev–Trinajstić information content (AvgIpc) is 2.29. The fourth-order valence-electron chi connectivity index (χ4n) is 1.59. The van der Waals surface area contributed by atoms with E-state index in [1.54, 1.807) is 30.3 Å². The molecule has 0 aliphatic carbocycles. The summed E-state index contributed by atoms with van der Waals surface area (Å²) in [5.41, 5.74) is 6.80. The monoisotopic (exact) mass is 230 g/mol. The molecule has 0 bridgehead atoms. The summed E-state index contributed by atoms with van der Waals surface area (Å²) in [4.78, 5) is 15.2. The number of rotatable bonds is 2. The van der Waals surface area contributed by atoms with Crippen LogP contribution < -0.4 is 5.73 Å². The van der Waals surface area contributed by atoms with Gasteiger partial charge in [0.05, 0.1) is 11.3 Å². The molecule has 4 heteroatoms. The van der Waals surface area contributed by atoms with Crippen LogP contribution >= 0.6 is 0 Å².